The summed E-state index contributed by atoms with van der Waals surface area (Å²) in [5, 5.41) is 0. The summed E-state index contributed by atoms with van der Waals surface area (Å²) in [6.45, 7) is 2.23. The number of hydrogen-bond donors (Lipinski definition) is 0. The van der Waals surface area contributed by atoms with Crippen molar-refractivity contribution in [1.29, 1.82) is 0 Å². The molecule has 3 rings (SSSR count). The highest BCUT2D eigenvalue weighted by atomic mass is 14.7. The van der Waals surface area contributed by atoms with Gasteiger partial charge in [-0.3, -0.25) is 4.98 Å². The molecule has 0 amide bonds. The predicted octanol–water partition coefficient (Wildman–Crippen LogP) is 4.83. The number of hydrogen-bond acceptors (Lipinski definition) is 1. The van der Waals surface area contributed by atoms with Gasteiger partial charge in [0.15, 0.2) is 0 Å². The smallest absolute Gasteiger partial charge is 0.0621 e. The lowest BCUT2D eigenvalue weighted by Gasteiger charge is -2.33. The summed E-state index contributed by atoms with van der Waals surface area (Å²) in [4.78, 5) is 4.67. The van der Waals surface area contributed by atoms with E-state index in [2.05, 4.69) is 84.7 Å². The summed E-state index contributed by atoms with van der Waals surface area (Å²) in [5.41, 5.74) is 3.49. The fraction of sp³-hybridized carbons (Fsp3) is 0.150. The Labute approximate surface area is 126 Å². The molecule has 0 aliphatic heterocycles. The summed E-state index contributed by atoms with van der Waals surface area (Å²) < 4.78 is 0. The number of rotatable bonds is 4. The minimum Gasteiger partial charge on any atom is -0.260 e. The van der Waals surface area contributed by atoms with Gasteiger partial charge in [-0.15, -0.1) is 0 Å². The van der Waals surface area contributed by atoms with Crippen molar-refractivity contribution >= 4 is 0 Å². The summed E-state index contributed by atoms with van der Waals surface area (Å²) in [6.07, 6.45) is 2.85. The van der Waals surface area contributed by atoms with Gasteiger partial charge in [-0.2, -0.15) is 0 Å². The molecule has 1 aromatic heterocycles. The quantitative estimate of drug-likeness (QED) is 0.663. The molecule has 0 unspecified atom stereocenters. The van der Waals surface area contributed by atoms with E-state index in [-0.39, 0.29) is 5.41 Å². The number of aromatic nitrogens is 1. The Kier molecular flexibility index (Phi) is 3.83. The standard InChI is InChI=1S/C20H19N/c1-2-20(17-11-5-3-6-12-17,18-13-7-4-8-14-18)19-15-9-10-16-21-19/h3-16H,2H2,1H3. The maximum absolute atomic E-state index is 4.67. The molecule has 2 aromatic carbocycles. The molecule has 0 spiro atoms. The van der Waals surface area contributed by atoms with Gasteiger partial charge >= 0.3 is 0 Å². The van der Waals surface area contributed by atoms with E-state index in [1.807, 2.05) is 12.3 Å². The van der Waals surface area contributed by atoms with E-state index in [1.54, 1.807) is 0 Å². The van der Waals surface area contributed by atoms with Crippen LogP contribution in [0.1, 0.15) is 30.2 Å². The molecule has 1 heteroatoms. The highest BCUT2D eigenvalue weighted by Crippen LogP contribution is 2.40. The van der Waals surface area contributed by atoms with Gasteiger partial charge in [-0.25, -0.2) is 0 Å². The van der Waals surface area contributed by atoms with E-state index >= 15 is 0 Å². The van der Waals surface area contributed by atoms with Crippen molar-refractivity contribution in [1.82, 2.24) is 4.98 Å². The van der Waals surface area contributed by atoms with E-state index in [4.69, 9.17) is 0 Å². The average molecular weight is 273 g/mol. The summed E-state index contributed by atoms with van der Waals surface area (Å²) >= 11 is 0. The molecule has 3 aromatic rings. The van der Waals surface area contributed by atoms with E-state index in [0.29, 0.717) is 0 Å². The Morgan fingerprint density at radius 3 is 1.67 bits per heavy atom. The van der Waals surface area contributed by atoms with Crippen LogP contribution in [-0.2, 0) is 5.41 Å². The number of pyridine rings is 1. The largest absolute Gasteiger partial charge is 0.260 e. The van der Waals surface area contributed by atoms with Crippen molar-refractivity contribution < 1.29 is 0 Å². The predicted molar refractivity (Wildman–Crippen MR) is 87.3 cm³/mol. The molecule has 0 atom stereocenters. The highest BCUT2D eigenvalue weighted by Gasteiger charge is 2.35. The molecule has 104 valence electrons. The first-order chi connectivity index (χ1) is 10.4. The second-order valence-corrected chi connectivity index (χ2v) is 5.21. The third-order valence-electron chi connectivity index (χ3n) is 4.17. The fourth-order valence-corrected chi connectivity index (χ4v) is 3.11. The Hall–Kier alpha value is -2.41. The van der Waals surface area contributed by atoms with Crippen LogP contribution in [0.3, 0.4) is 0 Å². The molecule has 0 radical (unpaired) electrons. The molecule has 0 bridgehead atoms. The van der Waals surface area contributed by atoms with Crippen molar-refractivity contribution in [2.75, 3.05) is 0 Å². The minimum atomic E-state index is -0.191. The first kappa shape index (κ1) is 13.6. The van der Waals surface area contributed by atoms with Gasteiger partial charge in [0, 0.05) is 6.20 Å². The van der Waals surface area contributed by atoms with Crippen molar-refractivity contribution in [3.05, 3.63) is 102 Å². The Bertz CT molecular complexity index is 578. The van der Waals surface area contributed by atoms with Gasteiger partial charge in [-0.05, 0) is 29.7 Å². The third kappa shape index (κ3) is 2.36. The zero-order chi connectivity index (χ0) is 14.5. The lowest BCUT2D eigenvalue weighted by atomic mass is 9.70. The van der Waals surface area contributed by atoms with Gasteiger partial charge in [-0.1, -0.05) is 73.7 Å². The molecule has 0 aliphatic carbocycles. The van der Waals surface area contributed by atoms with Crippen molar-refractivity contribution in [3.63, 3.8) is 0 Å². The second-order valence-electron chi connectivity index (χ2n) is 5.21. The molecular formula is C20H19N. The zero-order valence-electron chi connectivity index (χ0n) is 12.2. The zero-order valence-corrected chi connectivity index (χ0v) is 12.2. The molecule has 1 heterocycles. The van der Waals surface area contributed by atoms with Gasteiger partial charge in [0.05, 0.1) is 11.1 Å². The second kappa shape index (κ2) is 5.92. The van der Waals surface area contributed by atoms with Crippen LogP contribution in [0, 0.1) is 0 Å². The summed E-state index contributed by atoms with van der Waals surface area (Å²) in [7, 11) is 0. The lowest BCUT2D eigenvalue weighted by Crippen LogP contribution is -2.29. The van der Waals surface area contributed by atoms with E-state index < -0.39 is 0 Å². The third-order valence-corrected chi connectivity index (χ3v) is 4.17. The van der Waals surface area contributed by atoms with Gasteiger partial charge in [0.2, 0.25) is 0 Å². The van der Waals surface area contributed by atoms with Gasteiger partial charge < -0.3 is 0 Å². The van der Waals surface area contributed by atoms with E-state index in [9.17, 15) is 0 Å². The highest BCUT2D eigenvalue weighted by molar-refractivity contribution is 5.47. The van der Waals surface area contributed by atoms with Crippen LogP contribution in [-0.4, -0.2) is 4.98 Å². The van der Waals surface area contributed by atoms with Crippen LogP contribution in [0.15, 0.2) is 85.1 Å². The van der Waals surface area contributed by atoms with Crippen LogP contribution < -0.4 is 0 Å². The topological polar surface area (TPSA) is 12.9 Å². The maximum Gasteiger partial charge on any atom is 0.0621 e. The van der Waals surface area contributed by atoms with Gasteiger partial charge in [0.25, 0.3) is 0 Å². The summed E-state index contributed by atoms with van der Waals surface area (Å²) in [5.74, 6) is 0. The van der Waals surface area contributed by atoms with Crippen LogP contribution in [0.25, 0.3) is 0 Å². The normalized spacial score (nSPS) is 11.3. The number of nitrogens with zero attached hydrogens (tertiary/aromatic N) is 1. The molecule has 21 heavy (non-hydrogen) atoms. The Morgan fingerprint density at radius 2 is 1.24 bits per heavy atom. The molecule has 0 aliphatic rings. The Balaban J connectivity index is 2.29. The van der Waals surface area contributed by atoms with Crippen molar-refractivity contribution in [2.24, 2.45) is 0 Å². The summed E-state index contributed by atoms with van der Waals surface area (Å²) in [6, 6.07) is 27.5. The molecular weight excluding hydrogens is 254 g/mol. The van der Waals surface area contributed by atoms with Crippen LogP contribution in [0.2, 0.25) is 0 Å². The van der Waals surface area contributed by atoms with Crippen LogP contribution >= 0.6 is 0 Å². The van der Waals surface area contributed by atoms with E-state index in [1.165, 1.54) is 11.1 Å². The van der Waals surface area contributed by atoms with Crippen molar-refractivity contribution in [2.45, 2.75) is 18.8 Å². The van der Waals surface area contributed by atoms with Gasteiger partial charge in [0.1, 0.15) is 0 Å². The lowest BCUT2D eigenvalue weighted by molar-refractivity contribution is 0.575. The molecule has 0 N–H and O–H groups in total. The van der Waals surface area contributed by atoms with E-state index in [0.717, 1.165) is 12.1 Å². The molecule has 0 saturated heterocycles. The minimum absolute atomic E-state index is 0.191. The maximum atomic E-state index is 4.67. The van der Waals surface area contributed by atoms with Crippen LogP contribution in [0.5, 0.6) is 0 Å². The monoisotopic (exact) mass is 273 g/mol. The fourth-order valence-electron chi connectivity index (χ4n) is 3.11. The Morgan fingerprint density at radius 1 is 0.714 bits per heavy atom. The molecule has 0 saturated carbocycles. The molecule has 0 fully saturated rings. The van der Waals surface area contributed by atoms with Crippen LogP contribution in [0.4, 0.5) is 0 Å². The van der Waals surface area contributed by atoms with Crippen molar-refractivity contribution in [3.8, 4) is 0 Å². The first-order valence-electron chi connectivity index (χ1n) is 7.40. The SMILES string of the molecule is CCC(c1ccccc1)(c1ccccc1)c1ccccn1. The molecule has 1 nitrogen and oxygen atoms in total. The average Bonchev–Trinajstić information content (AvgIpc) is 2.59. The number of benzene rings is 2. The first-order valence-corrected chi connectivity index (χ1v) is 7.40.